The number of nitrogens with zero attached hydrogens (tertiary/aromatic N) is 6. The van der Waals surface area contributed by atoms with Crippen LogP contribution in [-0.2, 0) is 31.4 Å². The van der Waals surface area contributed by atoms with Crippen molar-refractivity contribution in [3.05, 3.63) is 140 Å². The Bertz CT molecular complexity index is 1880. The van der Waals surface area contributed by atoms with Crippen LogP contribution in [0.2, 0.25) is 0 Å². The number of carbonyl (C=O) groups is 2. The largest absolute Gasteiger partial charge is 0.458 e. The monoisotopic (exact) mass is 854 g/mol. The summed E-state index contributed by atoms with van der Waals surface area (Å²) in [4.78, 5) is 25.8. The van der Waals surface area contributed by atoms with Crippen LogP contribution < -0.4 is 0 Å². The van der Waals surface area contributed by atoms with E-state index in [4.69, 9.17) is 70.7 Å². The molecule has 2 fully saturated rings. The summed E-state index contributed by atoms with van der Waals surface area (Å²) in [5, 5.41) is 0. The topological polar surface area (TPSA) is 144 Å². The Morgan fingerprint density at radius 3 is 0.980 bits per heavy atom. The maximum Gasteiger partial charge on any atom is 0.354 e. The van der Waals surface area contributed by atoms with Crippen LogP contribution in [0.4, 0.5) is 9.59 Å². The molecule has 4 amide bonds. The van der Waals surface area contributed by atoms with Gasteiger partial charge in [-0.3, -0.25) is 23.6 Å². The fraction of sp³-hybridized carbons (Fsp3) is 0.161. The second-order valence-corrected chi connectivity index (χ2v) is 15.8. The van der Waals surface area contributed by atoms with Crippen LogP contribution in [0.25, 0.3) is 8.48 Å². The first-order chi connectivity index (χ1) is 23.5. The van der Waals surface area contributed by atoms with Crippen molar-refractivity contribution in [2.45, 2.75) is 42.4 Å². The molecule has 0 aliphatic carbocycles. The molecule has 0 bridgehead atoms. The van der Waals surface area contributed by atoms with Crippen molar-refractivity contribution < 1.29 is 26.4 Å². The van der Waals surface area contributed by atoms with Gasteiger partial charge in [0.1, 0.15) is 20.0 Å². The van der Waals surface area contributed by atoms with E-state index in [0.29, 0.717) is 11.1 Å². The Hall–Kier alpha value is -3.02. The Morgan fingerprint density at radius 1 is 0.490 bits per heavy atom. The summed E-state index contributed by atoms with van der Waals surface area (Å²) in [5.41, 5.74) is -0.525. The second kappa shape index (κ2) is 16.8. The smallest absolute Gasteiger partial charge is 0.354 e. The fourth-order valence-electron chi connectivity index (χ4n) is 5.11. The third-order valence-electron chi connectivity index (χ3n) is 7.47. The first-order valence-corrected chi connectivity index (χ1v) is 18.8. The SMILES string of the molecule is C.Cc1ccc(S(=O)(=O)[N-]Cl)cc1.Cc1ccc(S(=O)(=O)[N-]Cl)cc1.O=C1N(Cl)C2(c3ccccc3)N(Cl)C(=O)N(Cl)C2(c2ccccc2)N1Cl. The minimum absolute atomic E-state index is 0. The Kier molecular flexibility index (Phi) is 13.9. The van der Waals surface area contributed by atoms with E-state index in [2.05, 4.69) is 8.48 Å². The van der Waals surface area contributed by atoms with Crippen LogP contribution in [0, 0.1) is 13.8 Å². The number of hydrogen-bond acceptors (Lipinski definition) is 6. The molecule has 0 aromatic heterocycles. The van der Waals surface area contributed by atoms with E-state index in [9.17, 15) is 26.4 Å². The van der Waals surface area contributed by atoms with Gasteiger partial charge < -0.3 is 8.48 Å². The van der Waals surface area contributed by atoms with Crippen molar-refractivity contribution >= 4 is 103 Å². The van der Waals surface area contributed by atoms with Crippen molar-refractivity contribution in [2.75, 3.05) is 0 Å². The number of sulfonamides is 2. The lowest BCUT2D eigenvalue weighted by molar-refractivity contribution is 0.0294. The molecule has 2 saturated heterocycles. The number of amides is 4. The maximum atomic E-state index is 12.8. The summed E-state index contributed by atoms with van der Waals surface area (Å²) in [6.45, 7) is 3.74. The lowest BCUT2D eigenvalue weighted by Gasteiger charge is -2.43. The zero-order valence-electron chi connectivity index (χ0n) is 25.6. The number of halogens is 6. The average Bonchev–Trinajstić information content (AvgIpc) is 3.42. The summed E-state index contributed by atoms with van der Waals surface area (Å²) in [5.74, 6) is 0. The predicted octanol–water partition coefficient (Wildman–Crippen LogP) is 9.84. The van der Waals surface area contributed by atoms with Gasteiger partial charge in [0.2, 0.25) is 11.3 Å². The highest BCUT2D eigenvalue weighted by Crippen LogP contribution is 2.64. The van der Waals surface area contributed by atoms with Crippen molar-refractivity contribution in [3.63, 3.8) is 0 Å². The van der Waals surface area contributed by atoms with Crippen molar-refractivity contribution in [2.24, 2.45) is 0 Å². The molecule has 0 spiro atoms. The Labute approximate surface area is 327 Å². The number of urea groups is 2. The third-order valence-corrected chi connectivity index (χ3v) is 12.2. The number of aryl methyl sites for hydroxylation is 2. The van der Waals surface area contributed by atoms with Crippen LogP contribution in [0.3, 0.4) is 0 Å². The molecule has 0 N–H and O–H groups in total. The van der Waals surface area contributed by atoms with Crippen LogP contribution >= 0.6 is 70.7 Å². The predicted molar refractivity (Wildman–Crippen MR) is 200 cm³/mol. The first-order valence-electron chi connectivity index (χ1n) is 13.9. The van der Waals surface area contributed by atoms with Crippen molar-refractivity contribution in [1.29, 1.82) is 0 Å². The number of benzene rings is 4. The molecule has 51 heavy (non-hydrogen) atoms. The molecule has 0 saturated carbocycles. The van der Waals surface area contributed by atoms with E-state index in [1.165, 1.54) is 24.3 Å². The van der Waals surface area contributed by atoms with E-state index >= 15 is 0 Å². The summed E-state index contributed by atoms with van der Waals surface area (Å²) >= 11 is 35.4. The van der Waals surface area contributed by atoms with Crippen LogP contribution in [0.1, 0.15) is 29.7 Å². The highest BCUT2D eigenvalue weighted by Gasteiger charge is 2.81. The summed E-state index contributed by atoms with van der Waals surface area (Å²) in [7, 11) is -7.25. The molecule has 0 radical (unpaired) electrons. The second-order valence-electron chi connectivity index (χ2n) is 10.5. The molecule has 2 heterocycles. The molecule has 6 rings (SSSR count). The van der Waals surface area contributed by atoms with Gasteiger partial charge in [-0.1, -0.05) is 103 Å². The Morgan fingerprint density at radius 2 is 0.745 bits per heavy atom. The normalized spacial score (nSPS) is 19.8. The molecule has 2 aliphatic rings. The molecule has 0 atom stereocenters. The van der Waals surface area contributed by atoms with Gasteiger partial charge in [0, 0.05) is 68.0 Å². The van der Waals surface area contributed by atoms with E-state index in [0.717, 1.165) is 28.8 Å². The van der Waals surface area contributed by atoms with Crippen LogP contribution in [-0.4, -0.2) is 46.6 Å². The Balaban J connectivity index is 0.000000235. The standard InChI is InChI=1S/C16H10Cl4N4O2.2C7H7ClNO2S.CH4/c17-21-13(25)23(19)16(12-9-5-2-6-10-12)15(21,11-7-3-1-4-8-11)22(18)14(26)24(16)20;2*1-6-2-4-7(5-3-6)12(10,11)9-8;/h1-10H;2*2-5H,1H3;1H4/q;2*-1;. The minimum Gasteiger partial charge on any atom is -0.458 e. The summed E-state index contributed by atoms with van der Waals surface area (Å²) in [6, 6.07) is 28.3. The van der Waals surface area contributed by atoms with Gasteiger partial charge in [0.05, 0.1) is 0 Å². The highest BCUT2D eigenvalue weighted by atomic mass is 35.5. The lowest BCUT2D eigenvalue weighted by Crippen LogP contribution is -2.58. The van der Waals surface area contributed by atoms with Gasteiger partial charge in [-0.25, -0.2) is 26.4 Å². The first kappa shape index (κ1) is 42.4. The maximum absolute atomic E-state index is 12.8. The van der Waals surface area contributed by atoms with Crippen molar-refractivity contribution in [1.82, 2.24) is 17.7 Å². The van der Waals surface area contributed by atoms with E-state index in [1.54, 1.807) is 84.9 Å². The number of rotatable bonds is 6. The van der Waals surface area contributed by atoms with Crippen LogP contribution in [0.15, 0.2) is 119 Å². The molecular weight excluding hydrogens is 829 g/mol. The molecule has 2 aliphatic heterocycles. The molecule has 0 unspecified atom stereocenters. The van der Waals surface area contributed by atoms with E-state index in [-0.39, 0.29) is 17.2 Å². The van der Waals surface area contributed by atoms with Crippen molar-refractivity contribution in [3.8, 4) is 0 Å². The number of fused-ring (bicyclic) bond motifs is 1. The zero-order chi connectivity index (χ0) is 37.1. The summed E-state index contributed by atoms with van der Waals surface area (Å²) < 4.78 is 52.8. The molecule has 274 valence electrons. The quantitative estimate of drug-likeness (QED) is 0.177. The molecule has 12 nitrogen and oxygen atoms in total. The van der Waals surface area contributed by atoms with Gasteiger partial charge in [0.15, 0.2) is 0 Å². The average molecular weight is 857 g/mol. The molecule has 4 aromatic carbocycles. The highest BCUT2D eigenvalue weighted by molar-refractivity contribution is 7.95. The molecule has 4 aromatic rings. The van der Waals surface area contributed by atoms with Crippen LogP contribution in [0.5, 0.6) is 0 Å². The van der Waals surface area contributed by atoms with Gasteiger partial charge in [0.25, 0.3) is 0 Å². The third kappa shape index (κ3) is 7.58. The van der Waals surface area contributed by atoms with Gasteiger partial charge in [-0.05, 0) is 38.1 Å². The van der Waals surface area contributed by atoms with E-state index < -0.39 is 43.4 Å². The summed E-state index contributed by atoms with van der Waals surface area (Å²) in [6.07, 6.45) is 0. The zero-order valence-corrected chi connectivity index (χ0v) is 31.8. The minimum atomic E-state index is -3.62. The fourth-order valence-corrected chi connectivity index (χ4v) is 8.33. The number of carbonyl (C=O) groups excluding carboxylic acids is 2. The van der Waals surface area contributed by atoms with Gasteiger partial charge in [-0.2, -0.15) is 17.7 Å². The van der Waals surface area contributed by atoms with Gasteiger partial charge in [-0.15, -0.1) is 0 Å². The van der Waals surface area contributed by atoms with Gasteiger partial charge >= 0.3 is 12.1 Å². The lowest BCUT2D eigenvalue weighted by atomic mass is 9.83. The number of hydrogen-bond donors (Lipinski definition) is 0. The van der Waals surface area contributed by atoms with E-state index in [1.807, 2.05) is 13.8 Å². The molecular formula is C31H28Cl6N6O6S2-2. The molecule has 20 heteroatoms.